The summed E-state index contributed by atoms with van der Waals surface area (Å²) >= 11 is 4.98. The largest absolute Gasteiger partial charge is 0.462 e. The molecule has 0 saturated carbocycles. The molecule has 0 unspecified atom stereocenters. The molecule has 0 saturated heterocycles. The highest BCUT2D eigenvalue weighted by atomic mass is 32.1. The average molecular weight is 386 g/mol. The van der Waals surface area contributed by atoms with Gasteiger partial charge in [-0.05, 0) is 61.6 Å². The van der Waals surface area contributed by atoms with Crippen LogP contribution in [0.5, 0.6) is 0 Å². The molecule has 0 fully saturated rings. The average Bonchev–Trinajstić information content (AvgIpc) is 2.56. The Morgan fingerprint density at radius 2 is 1.77 bits per heavy atom. The van der Waals surface area contributed by atoms with E-state index in [2.05, 4.69) is 10.6 Å². The summed E-state index contributed by atoms with van der Waals surface area (Å²) < 4.78 is 56.7. The van der Waals surface area contributed by atoms with Crippen molar-refractivity contribution in [3.05, 3.63) is 59.4 Å². The Labute approximate surface area is 152 Å². The van der Waals surface area contributed by atoms with Gasteiger partial charge in [0.25, 0.3) is 0 Å². The summed E-state index contributed by atoms with van der Waals surface area (Å²) in [4.78, 5) is 11.6. The van der Waals surface area contributed by atoms with Gasteiger partial charge in [-0.15, -0.1) is 0 Å². The predicted octanol–water partition coefficient (Wildman–Crippen LogP) is 4.83. The van der Waals surface area contributed by atoms with Gasteiger partial charge in [0.05, 0.1) is 23.4 Å². The summed E-state index contributed by atoms with van der Waals surface area (Å²) in [6.45, 7) is 1.93. The van der Waals surface area contributed by atoms with Crippen LogP contribution in [-0.4, -0.2) is 17.7 Å². The van der Waals surface area contributed by atoms with Crippen LogP contribution in [0.1, 0.15) is 22.8 Å². The molecule has 4 nitrogen and oxygen atoms in total. The smallest absolute Gasteiger partial charge is 0.416 e. The Hall–Kier alpha value is -2.68. The van der Waals surface area contributed by atoms with Gasteiger partial charge in [-0.1, -0.05) is 0 Å². The van der Waals surface area contributed by atoms with E-state index < -0.39 is 29.2 Å². The van der Waals surface area contributed by atoms with Crippen molar-refractivity contribution in [2.24, 2.45) is 0 Å². The fraction of sp³-hybridized carbons (Fsp3) is 0.176. The highest BCUT2D eigenvalue weighted by Crippen LogP contribution is 2.31. The molecule has 0 bridgehead atoms. The quantitative estimate of drug-likeness (QED) is 0.448. The van der Waals surface area contributed by atoms with Gasteiger partial charge in [0.1, 0.15) is 5.82 Å². The number of nitrogens with one attached hydrogen (secondary N) is 2. The number of hydrogen-bond acceptors (Lipinski definition) is 3. The number of carbonyl (C=O) groups excluding carboxylic acids is 1. The first kappa shape index (κ1) is 19.6. The number of benzene rings is 2. The molecule has 0 aliphatic carbocycles. The molecule has 0 amide bonds. The molecule has 0 heterocycles. The predicted molar refractivity (Wildman–Crippen MR) is 93.6 cm³/mol. The zero-order chi connectivity index (χ0) is 19.3. The summed E-state index contributed by atoms with van der Waals surface area (Å²) in [5, 5.41) is 4.97. The van der Waals surface area contributed by atoms with Gasteiger partial charge in [-0.3, -0.25) is 0 Å². The zero-order valence-corrected chi connectivity index (χ0v) is 14.3. The van der Waals surface area contributed by atoms with E-state index in [1.165, 1.54) is 24.3 Å². The monoisotopic (exact) mass is 386 g/mol. The molecular weight excluding hydrogens is 372 g/mol. The Kier molecular flexibility index (Phi) is 6.14. The number of thiocarbonyl (C=S) groups is 1. The first-order chi connectivity index (χ1) is 12.2. The Balaban J connectivity index is 2.06. The summed E-state index contributed by atoms with van der Waals surface area (Å²) in [5.41, 5.74) is -0.605. The highest BCUT2D eigenvalue weighted by Gasteiger charge is 2.31. The van der Waals surface area contributed by atoms with Crippen LogP contribution in [0.25, 0.3) is 0 Å². The van der Waals surface area contributed by atoms with E-state index in [1.807, 2.05) is 0 Å². The first-order valence-electron chi connectivity index (χ1n) is 7.42. The van der Waals surface area contributed by atoms with Crippen LogP contribution >= 0.6 is 12.2 Å². The van der Waals surface area contributed by atoms with Crippen molar-refractivity contribution in [3.63, 3.8) is 0 Å². The maximum Gasteiger partial charge on any atom is 0.416 e. The molecule has 0 aliphatic heterocycles. The Morgan fingerprint density at radius 3 is 2.35 bits per heavy atom. The molecule has 2 aromatic rings. The fourth-order valence-corrected chi connectivity index (χ4v) is 2.21. The second kappa shape index (κ2) is 8.13. The van der Waals surface area contributed by atoms with Gasteiger partial charge >= 0.3 is 12.1 Å². The van der Waals surface area contributed by atoms with Gasteiger partial charge < -0.3 is 15.4 Å². The second-order valence-electron chi connectivity index (χ2n) is 5.07. The van der Waals surface area contributed by atoms with Gasteiger partial charge in [-0.2, -0.15) is 13.2 Å². The van der Waals surface area contributed by atoms with Crippen molar-refractivity contribution in [1.29, 1.82) is 0 Å². The number of rotatable bonds is 4. The summed E-state index contributed by atoms with van der Waals surface area (Å²) in [5.74, 6) is -1.36. The van der Waals surface area contributed by atoms with Crippen molar-refractivity contribution >= 4 is 34.7 Å². The number of ether oxygens (including phenoxy) is 1. The minimum atomic E-state index is -4.60. The van der Waals surface area contributed by atoms with E-state index >= 15 is 0 Å². The van der Waals surface area contributed by atoms with Crippen LogP contribution in [0, 0.1) is 5.82 Å². The topological polar surface area (TPSA) is 50.4 Å². The minimum Gasteiger partial charge on any atom is -0.462 e. The number of anilines is 2. The number of halogens is 4. The van der Waals surface area contributed by atoms with Crippen LogP contribution in [-0.2, 0) is 10.9 Å². The maximum atomic E-state index is 13.7. The van der Waals surface area contributed by atoms with Crippen molar-refractivity contribution in [1.82, 2.24) is 0 Å². The molecule has 2 aromatic carbocycles. The van der Waals surface area contributed by atoms with Crippen molar-refractivity contribution in [2.45, 2.75) is 13.1 Å². The number of alkyl halides is 3. The van der Waals surface area contributed by atoms with E-state index in [1.54, 1.807) is 6.92 Å². The summed E-state index contributed by atoms with van der Waals surface area (Å²) in [6, 6.07) is 8.03. The molecule has 0 radical (unpaired) electrons. The standard InChI is InChI=1S/C17H14F4N2O2S/c1-2-25-15(24)10-3-6-12(7-4-10)22-16(26)23-14-9-11(17(19,20)21)5-8-13(14)18/h3-9H,2H2,1H3,(H2,22,23,26). The first-order valence-corrected chi connectivity index (χ1v) is 7.83. The van der Waals surface area contributed by atoms with E-state index in [9.17, 15) is 22.4 Å². The lowest BCUT2D eigenvalue weighted by Crippen LogP contribution is -2.20. The molecule has 0 aliphatic rings. The summed E-state index contributed by atoms with van der Waals surface area (Å²) in [6.07, 6.45) is -4.60. The number of hydrogen-bond donors (Lipinski definition) is 2. The van der Waals surface area contributed by atoms with Gasteiger partial charge in [-0.25, -0.2) is 9.18 Å². The van der Waals surface area contributed by atoms with Crippen LogP contribution < -0.4 is 10.6 Å². The third kappa shape index (κ3) is 5.16. The highest BCUT2D eigenvalue weighted by molar-refractivity contribution is 7.80. The second-order valence-corrected chi connectivity index (χ2v) is 5.48. The zero-order valence-electron chi connectivity index (χ0n) is 13.5. The van der Waals surface area contributed by atoms with Gasteiger partial charge in [0, 0.05) is 5.69 Å². The molecule has 9 heteroatoms. The lowest BCUT2D eigenvalue weighted by atomic mass is 10.2. The Morgan fingerprint density at radius 1 is 1.12 bits per heavy atom. The maximum absolute atomic E-state index is 13.7. The molecule has 26 heavy (non-hydrogen) atoms. The van der Waals surface area contributed by atoms with E-state index in [0.717, 1.165) is 0 Å². The molecule has 0 atom stereocenters. The minimum absolute atomic E-state index is 0.105. The summed E-state index contributed by atoms with van der Waals surface area (Å²) in [7, 11) is 0. The molecule has 0 aromatic heterocycles. The normalized spacial score (nSPS) is 11.0. The third-order valence-electron chi connectivity index (χ3n) is 3.20. The van der Waals surface area contributed by atoms with Crippen LogP contribution in [0.3, 0.4) is 0 Å². The van der Waals surface area contributed by atoms with Crippen LogP contribution in [0.2, 0.25) is 0 Å². The Bertz CT molecular complexity index is 807. The SMILES string of the molecule is CCOC(=O)c1ccc(NC(=S)Nc2cc(C(F)(F)F)ccc2F)cc1. The lowest BCUT2D eigenvalue weighted by molar-refractivity contribution is -0.137. The van der Waals surface area contributed by atoms with Crippen LogP contribution in [0.15, 0.2) is 42.5 Å². The van der Waals surface area contributed by atoms with Crippen molar-refractivity contribution in [2.75, 3.05) is 17.2 Å². The molecule has 0 spiro atoms. The van der Waals surface area contributed by atoms with Crippen molar-refractivity contribution in [3.8, 4) is 0 Å². The van der Waals surface area contributed by atoms with Crippen molar-refractivity contribution < 1.29 is 27.1 Å². The van der Waals surface area contributed by atoms with Gasteiger partial charge in [0.2, 0.25) is 0 Å². The van der Waals surface area contributed by atoms with E-state index in [4.69, 9.17) is 17.0 Å². The molecular formula is C17H14F4N2O2S. The fourth-order valence-electron chi connectivity index (χ4n) is 1.99. The lowest BCUT2D eigenvalue weighted by Gasteiger charge is -2.13. The third-order valence-corrected chi connectivity index (χ3v) is 3.40. The number of esters is 1. The van der Waals surface area contributed by atoms with Crippen LogP contribution in [0.4, 0.5) is 28.9 Å². The number of carbonyl (C=O) groups is 1. The van der Waals surface area contributed by atoms with Gasteiger partial charge in [0.15, 0.2) is 5.11 Å². The van der Waals surface area contributed by atoms with E-state index in [-0.39, 0.29) is 11.7 Å². The van der Waals surface area contributed by atoms with E-state index in [0.29, 0.717) is 29.4 Å². The molecule has 2 rings (SSSR count). The molecule has 138 valence electrons. The molecule has 2 N–H and O–H groups in total.